The molecule has 21 heavy (non-hydrogen) atoms. The van der Waals surface area contributed by atoms with E-state index in [0.717, 1.165) is 31.9 Å². The van der Waals surface area contributed by atoms with Crippen LogP contribution in [0, 0.1) is 3.57 Å². The van der Waals surface area contributed by atoms with Gasteiger partial charge in [-0.1, -0.05) is 42.8 Å². The molecule has 0 heterocycles. The molecule has 2 aromatic rings. The number of hydrogen-bond donors (Lipinski definition) is 2. The number of halogens is 2. The van der Waals surface area contributed by atoms with Crippen LogP contribution < -0.4 is 16.0 Å². The first-order valence-corrected chi connectivity index (χ1v) is 8.25. The molecule has 0 fully saturated rings. The van der Waals surface area contributed by atoms with E-state index in [-0.39, 0.29) is 6.04 Å². The normalized spacial score (nSPS) is 12.2. The minimum atomic E-state index is -0.160. The number of hydrogen-bond acceptors (Lipinski definition) is 3. The van der Waals surface area contributed by atoms with E-state index in [4.69, 9.17) is 22.2 Å². The van der Waals surface area contributed by atoms with Gasteiger partial charge in [0.25, 0.3) is 0 Å². The molecule has 0 saturated carbocycles. The van der Waals surface area contributed by atoms with Crippen LogP contribution in [0.2, 0.25) is 5.02 Å². The highest BCUT2D eigenvalue weighted by molar-refractivity contribution is 14.1. The topological polar surface area (TPSA) is 47.3 Å². The van der Waals surface area contributed by atoms with Crippen LogP contribution in [-0.4, -0.2) is 6.61 Å². The minimum absolute atomic E-state index is 0.160. The zero-order chi connectivity index (χ0) is 15.2. The summed E-state index contributed by atoms with van der Waals surface area (Å²) < 4.78 is 6.83. The van der Waals surface area contributed by atoms with Crippen molar-refractivity contribution in [2.24, 2.45) is 5.84 Å². The van der Waals surface area contributed by atoms with Gasteiger partial charge in [0.2, 0.25) is 0 Å². The molecule has 0 bridgehead atoms. The van der Waals surface area contributed by atoms with E-state index in [1.54, 1.807) is 0 Å². The molecule has 1 unspecified atom stereocenters. The van der Waals surface area contributed by atoms with Crippen molar-refractivity contribution in [3.8, 4) is 5.75 Å². The second kappa shape index (κ2) is 7.98. The lowest BCUT2D eigenvalue weighted by Crippen LogP contribution is -2.29. The largest absolute Gasteiger partial charge is 0.493 e. The number of para-hydroxylation sites is 1. The molecular weight excluding hydrogens is 399 g/mol. The molecule has 0 aliphatic carbocycles. The van der Waals surface area contributed by atoms with Gasteiger partial charge in [0.05, 0.1) is 17.7 Å². The molecule has 0 aromatic heterocycles. The molecule has 0 amide bonds. The summed E-state index contributed by atoms with van der Waals surface area (Å²) >= 11 is 8.43. The molecule has 0 aliphatic heterocycles. The minimum Gasteiger partial charge on any atom is -0.493 e. The monoisotopic (exact) mass is 416 g/mol. The highest BCUT2D eigenvalue weighted by atomic mass is 127. The summed E-state index contributed by atoms with van der Waals surface area (Å²) in [6, 6.07) is 13.7. The first kappa shape index (κ1) is 16.5. The predicted octanol–water partition coefficient (Wildman–Crippen LogP) is 4.29. The molecule has 0 saturated heterocycles. The molecule has 0 aliphatic rings. The maximum Gasteiger partial charge on any atom is 0.124 e. The van der Waals surface area contributed by atoms with Gasteiger partial charge in [-0.2, -0.15) is 0 Å². The van der Waals surface area contributed by atoms with Crippen molar-refractivity contribution >= 4 is 34.2 Å². The average molecular weight is 417 g/mol. The van der Waals surface area contributed by atoms with Crippen LogP contribution >= 0.6 is 34.2 Å². The van der Waals surface area contributed by atoms with Crippen molar-refractivity contribution in [2.75, 3.05) is 6.61 Å². The number of ether oxygens (including phenoxy) is 1. The molecular formula is C16H18ClIN2O. The highest BCUT2D eigenvalue weighted by Crippen LogP contribution is 2.32. The molecule has 1 atom stereocenters. The van der Waals surface area contributed by atoms with Crippen LogP contribution in [0.3, 0.4) is 0 Å². The molecule has 0 radical (unpaired) electrons. The molecule has 0 spiro atoms. The van der Waals surface area contributed by atoms with E-state index < -0.39 is 0 Å². The van der Waals surface area contributed by atoms with E-state index in [0.29, 0.717) is 6.61 Å². The Morgan fingerprint density at radius 2 is 2.05 bits per heavy atom. The lowest BCUT2D eigenvalue weighted by Gasteiger charge is -2.20. The summed E-state index contributed by atoms with van der Waals surface area (Å²) in [5.74, 6) is 6.62. The Morgan fingerprint density at radius 3 is 2.71 bits per heavy atom. The third-order valence-corrected chi connectivity index (χ3v) is 4.71. The zero-order valence-corrected chi connectivity index (χ0v) is 14.7. The first-order chi connectivity index (χ1) is 10.2. The fourth-order valence-corrected chi connectivity index (χ4v) is 2.64. The van der Waals surface area contributed by atoms with E-state index in [1.807, 2.05) is 42.5 Å². The Bertz CT molecular complexity index is 607. The van der Waals surface area contributed by atoms with Crippen LogP contribution in [0.15, 0.2) is 42.5 Å². The van der Waals surface area contributed by atoms with Crippen molar-refractivity contribution in [3.05, 3.63) is 62.2 Å². The smallest absolute Gasteiger partial charge is 0.124 e. The Hall–Kier alpha value is -0.820. The quantitative estimate of drug-likeness (QED) is 0.420. The summed E-state index contributed by atoms with van der Waals surface area (Å²) in [5, 5.41) is 0.723. The zero-order valence-electron chi connectivity index (χ0n) is 11.8. The maximum absolute atomic E-state index is 6.22. The summed E-state index contributed by atoms with van der Waals surface area (Å²) in [6.45, 7) is 2.77. The van der Waals surface area contributed by atoms with Crippen molar-refractivity contribution in [1.29, 1.82) is 0 Å². The van der Waals surface area contributed by atoms with Gasteiger partial charge < -0.3 is 4.74 Å². The van der Waals surface area contributed by atoms with E-state index in [1.165, 1.54) is 0 Å². The summed E-state index contributed by atoms with van der Waals surface area (Å²) in [7, 11) is 0. The van der Waals surface area contributed by atoms with Crippen LogP contribution in [0.5, 0.6) is 5.75 Å². The predicted molar refractivity (Wildman–Crippen MR) is 95.6 cm³/mol. The third kappa shape index (κ3) is 4.10. The van der Waals surface area contributed by atoms with Gasteiger partial charge in [0.1, 0.15) is 5.75 Å². The molecule has 3 N–H and O–H groups in total. The van der Waals surface area contributed by atoms with Gasteiger partial charge in [0, 0.05) is 9.13 Å². The molecule has 3 nitrogen and oxygen atoms in total. The van der Waals surface area contributed by atoms with Gasteiger partial charge in [-0.3, -0.25) is 5.84 Å². The summed E-state index contributed by atoms with van der Waals surface area (Å²) in [5.41, 5.74) is 4.87. The number of hydrazine groups is 1. The number of nitrogens with two attached hydrogens (primary N) is 1. The second-order valence-corrected chi connectivity index (χ2v) is 6.23. The average Bonchev–Trinajstić information content (AvgIpc) is 2.50. The van der Waals surface area contributed by atoms with Gasteiger partial charge in [-0.15, -0.1) is 0 Å². The maximum atomic E-state index is 6.22. The van der Waals surface area contributed by atoms with E-state index >= 15 is 0 Å². The number of nitrogens with one attached hydrogen (secondary N) is 1. The van der Waals surface area contributed by atoms with Crippen molar-refractivity contribution < 1.29 is 4.74 Å². The Kier molecular flexibility index (Phi) is 6.29. The number of benzene rings is 2. The molecule has 2 aromatic carbocycles. The second-order valence-electron chi connectivity index (χ2n) is 4.66. The SMILES string of the molecule is CCCOc1ccccc1C(NN)c1ccc(I)c(Cl)c1. The number of rotatable bonds is 6. The van der Waals surface area contributed by atoms with E-state index in [2.05, 4.69) is 34.9 Å². The van der Waals surface area contributed by atoms with Gasteiger partial charge in [-0.25, -0.2) is 5.43 Å². The molecule has 5 heteroatoms. The molecule has 2 rings (SSSR count). The van der Waals surface area contributed by atoms with Crippen LogP contribution in [0.1, 0.15) is 30.5 Å². The van der Waals surface area contributed by atoms with Crippen LogP contribution in [-0.2, 0) is 0 Å². The lowest BCUT2D eigenvalue weighted by atomic mass is 9.98. The lowest BCUT2D eigenvalue weighted by molar-refractivity contribution is 0.311. The first-order valence-electron chi connectivity index (χ1n) is 6.80. The molecule has 112 valence electrons. The van der Waals surface area contributed by atoms with Crippen molar-refractivity contribution in [1.82, 2.24) is 5.43 Å². The Morgan fingerprint density at radius 1 is 1.29 bits per heavy atom. The van der Waals surface area contributed by atoms with Crippen molar-refractivity contribution in [3.63, 3.8) is 0 Å². The van der Waals surface area contributed by atoms with Crippen LogP contribution in [0.25, 0.3) is 0 Å². The van der Waals surface area contributed by atoms with E-state index in [9.17, 15) is 0 Å². The van der Waals surface area contributed by atoms with Gasteiger partial charge >= 0.3 is 0 Å². The Labute approximate surface area is 143 Å². The summed E-state index contributed by atoms with van der Waals surface area (Å²) in [6.07, 6.45) is 0.963. The van der Waals surface area contributed by atoms with Crippen LogP contribution in [0.4, 0.5) is 0 Å². The Balaban J connectivity index is 2.38. The fraction of sp³-hybridized carbons (Fsp3) is 0.250. The van der Waals surface area contributed by atoms with Gasteiger partial charge in [0.15, 0.2) is 0 Å². The third-order valence-electron chi connectivity index (χ3n) is 3.14. The van der Waals surface area contributed by atoms with Gasteiger partial charge in [-0.05, 0) is 52.8 Å². The standard InChI is InChI=1S/C16H18ClIN2O/c1-2-9-21-15-6-4-3-5-12(15)16(20-19)11-7-8-14(18)13(17)10-11/h3-8,10,16,20H,2,9,19H2,1H3. The van der Waals surface area contributed by atoms with Crippen molar-refractivity contribution in [2.45, 2.75) is 19.4 Å². The highest BCUT2D eigenvalue weighted by Gasteiger charge is 2.17. The fourth-order valence-electron chi connectivity index (χ4n) is 2.12. The summed E-state index contributed by atoms with van der Waals surface area (Å²) in [4.78, 5) is 0.